The minimum atomic E-state index is -0.172. The van der Waals surface area contributed by atoms with Gasteiger partial charge in [-0.05, 0) is 31.4 Å². The molecule has 2 heterocycles. The molecule has 2 aromatic rings. The standard InChI is InChI=1S/C16H20N2O2.C2H6/c1-2-3-6-20-14-9-11-4-5-17-16(15(11)18-10-14)12-7-13(19)8-12;1-2/h4-5,9-10,12-13,19H,2-3,6-8H2,1H3;1-2H3. The van der Waals surface area contributed by atoms with Crippen LogP contribution in [-0.2, 0) is 0 Å². The molecule has 0 radical (unpaired) electrons. The summed E-state index contributed by atoms with van der Waals surface area (Å²) in [7, 11) is 0. The number of nitrogens with zero attached hydrogens (tertiary/aromatic N) is 2. The van der Waals surface area contributed by atoms with E-state index in [0.717, 1.165) is 54.6 Å². The minimum Gasteiger partial charge on any atom is -0.492 e. The van der Waals surface area contributed by atoms with Gasteiger partial charge in [0, 0.05) is 17.5 Å². The molecule has 0 saturated heterocycles. The summed E-state index contributed by atoms with van der Waals surface area (Å²) >= 11 is 0. The Labute approximate surface area is 132 Å². The van der Waals surface area contributed by atoms with Crippen molar-refractivity contribution in [3.8, 4) is 5.75 Å². The normalized spacial score (nSPS) is 20.0. The Hall–Kier alpha value is -1.68. The summed E-state index contributed by atoms with van der Waals surface area (Å²) in [6.45, 7) is 6.88. The number of aliphatic hydroxyl groups is 1. The van der Waals surface area contributed by atoms with Gasteiger partial charge in [0.1, 0.15) is 5.75 Å². The van der Waals surface area contributed by atoms with Crippen LogP contribution in [0.2, 0.25) is 0 Å². The quantitative estimate of drug-likeness (QED) is 0.846. The van der Waals surface area contributed by atoms with E-state index < -0.39 is 0 Å². The van der Waals surface area contributed by atoms with E-state index in [1.807, 2.05) is 32.2 Å². The van der Waals surface area contributed by atoms with Crippen LogP contribution in [0.15, 0.2) is 24.5 Å². The molecule has 0 spiro atoms. The van der Waals surface area contributed by atoms with E-state index in [1.54, 1.807) is 6.20 Å². The Morgan fingerprint density at radius 2 is 2.05 bits per heavy atom. The lowest BCUT2D eigenvalue weighted by Crippen LogP contribution is -2.27. The van der Waals surface area contributed by atoms with E-state index in [0.29, 0.717) is 5.92 Å². The lowest BCUT2D eigenvalue weighted by Gasteiger charge is -2.31. The predicted molar refractivity (Wildman–Crippen MR) is 89.3 cm³/mol. The highest BCUT2D eigenvalue weighted by molar-refractivity contribution is 5.82. The van der Waals surface area contributed by atoms with Crippen molar-refractivity contribution in [3.63, 3.8) is 0 Å². The van der Waals surface area contributed by atoms with E-state index in [4.69, 9.17) is 4.74 Å². The van der Waals surface area contributed by atoms with Crippen LogP contribution in [0, 0.1) is 0 Å². The average molecular weight is 302 g/mol. The van der Waals surface area contributed by atoms with Gasteiger partial charge < -0.3 is 9.84 Å². The number of unbranched alkanes of at least 4 members (excludes halogenated alkanes) is 1. The first-order chi connectivity index (χ1) is 10.8. The maximum atomic E-state index is 9.45. The van der Waals surface area contributed by atoms with Gasteiger partial charge in [0.25, 0.3) is 0 Å². The molecule has 0 unspecified atom stereocenters. The van der Waals surface area contributed by atoms with Crippen LogP contribution in [0.25, 0.3) is 10.9 Å². The Bertz CT molecular complexity index is 595. The molecular weight excluding hydrogens is 276 g/mol. The number of rotatable bonds is 5. The molecule has 1 aliphatic carbocycles. The van der Waals surface area contributed by atoms with Gasteiger partial charge in [0.05, 0.1) is 30.1 Å². The predicted octanol–water partition coefficient (Wildman–Crippen LogP) is 4.07. The monoisotopic (exact) mass is 302 g/mol. The lowest BCUT2D eigenvalue weighted by atomic mass is 9.79. The highest BCUT2D eigenvalue weighted by atomic mass is 16.5. The zero-order valence-electron chi connectivity index (χ0n) is 13.7. The molecule has 0 bridgehead atoms. The Morgan fingerprint density at radius 3 is 2.73 bits per heavy atom. The molecule has 0 amide bonds. The largest absolute Gasteiger partial charge is 0.492 e. The first-order valence-corrected chi connectivity index (χ1v) is 8.33. The summed E-state index contributed by atoms with van der Waals surface area (Å²) in [4.78, 5) is 8.97. The third kappa shape index (κ3) is 3.74. The molecule has 120 valence electrons. The van der Waals surface area contributed by atoms with E-state index in [9.17, 15) is 5.11 Å². The van der Waals surface area contributed by atoms with Gasteiger partial charge in [-0.25, -0.2) is 0 Å². The Balaban J connectivity index is 0.000000847. The van der Waals surface area contributed by atoms with Gasteiger partial charge in [-0.3, -0.25) is 9.97 Å². The molecule has 22 heavy (non-hydrogen) atoms. The number of aliphatic hydroxyl groups excluding tert-OH is 1. The molecule has 0 aromatic carbocycles. The fourth-order valence-electron chi connectivity index (χ4n) is 2.58. The van der Waals surface area contributed by atoms with Crippen molar-refractivity contribution < 1.29 is 9.84 Å². The highest BCUT2D eigenvalue weighted by Gasteiger charge is 2.31. The van der Waals surface area contributed by atoms with Crippen molar-refractivity contribution in [1.82, 2.24) is 9.97 Å². The maximum absolute atomic E-state index is 9.45. The van der Waals surface area contributed by atoms with Crippen molar-refractivity contribution in [3.05, 3.63) is 30.2 Å². The Kier molecular flexibility index (Phi) is 6.13. The van der Waals surface area contributed by atoms with Gasteiger partial charge >= 0.3 is 0 Å². The van der Waals surface area contributed by atoms with Crippen molar-refractivity contribution in [2.24, 2.45) is 0 Å². The average Bonchev–Trinajstić information content (AvgIpc) is 2.53. The van der Waals surface area contributed by atoms with Gasteiger partial charge in [-0.1, -0.05) is 27.2 Å². The summed E-state index contributed by atoms with van der Waals surface area (Å²) in [5.74, 6) is 1.16. The van der Waals surface area contributed by atoms with Crippen LogP contribution < -0.4 is 4.74 Å². The van der Waals surface area contributed by atoms with Crippen LogP contribution >= 0.6 is 0 Å². The second kappa shape index (κ2) is 8.08. The van der Waals surface area contributed by atoms with Gasteiger partial charge in [-0.15, -0.1) is 0 Å². The molecule has 1 N–H and O–H groups in total. The second-order valence-corrected chi connectivity index (χ2v) is 5.46. The number of fused-ring (bicyclic) bond motifs is 1. The van der Waals surface area contributed by atoms with Gasteiger partial charge in [0.15, 0.2) is 0 Å². The third-order valence-electron chi connectivity index (χ3n) is 3.87. The van der Waals surface area contributed by atoms with Crippen LogP contribution in [0.4, 0.5) is 0 Å². The first-order valence-electron chi connectivity index (χ1n) is 8.33. The molecule has 4 nitrogen and oxygen atoms in total. The van der Waals surface area contributed by atoms with Crippen LogP contribution in [0.1, 0.15) is 58.1 Å². The second-order valence-electron chi connectivity index (χ2n) is 5.46. The van der Waals surface area contributed by atoms with Crippen LogP contribution in [0.5, 0.6) is 5.75 Å². The minimum absolute atomic E-state index is 0.172. The molecule has 1 fully saturated rings. The fraction of sp³-hybridized carbons (Fsp3) is 0.556. The fourth-order valence-corrected chi connectivity index (χ4v) is 2.58. The zero-order valence-corrected chi connectivity index (χ0v) is 13.7. The maximum Gasteiger partial charge on any atom is 0.138 e. The highest BCUT2D eigenvalue weighted by Crippen LogP contribution is 2.38. The van der Waals surface area contributed by atoms with Crippen molar-refractivity contribution in [2.45, 2.75) is 58.5 Å². The Morgan fingerprint density at radius 1 is 1.27 bits per heavy atom. The molecule has 1 saturated carbocycles. The number of hydrogen-bond acceptors (Lipinski definition) is 4. The SMILES string of the molecule is CC.CCCCOc1cnc2c(C3CC(O)C3)nccc2c1. The zero-order chi connectivity index (χ0) is 15.9. The van der Waals surface area contributed by atoms with E-state index in [2.05, 4.69) is 16.9 Å². The summed E-state index contributed by atoms with van der Waals surface area (Å²) in [5.41, 5.74) is 1.94. The molecule has 0 aliphatic heterocycles. The first kappa shape index (κ1) is 16.7. The number of hydrogen-bond donors (Lipinski definition) is 1. The summed E-state index contributed by atoms with van der Waals surface area (Å²) in [6, 6.07) is 3.99. The molecule has 2 aromatic heterocycles. The van der Waals surface area contributed by atoms with Crippen LogP contribution in [0.3, 0.4) is 0 Å². The third-order valence-corrected chi connectivity index (χ3v) is 3.87. The van der Waals surface area contributed by atoms with Gasteiger partial charge in [0.2, 0.25) is 0 Å². The van der Waals surface area contributed by atoms with Crippen molar-refractivity contribution >= 4 is 10.9 Å². The van der Waals surface area contributed by atoms with Crippen molar-refractivity contribution in [2.75, 3.05) is 6.61 Å². The van der Waals surface area contributed by atoms with E-state index in [-0.39, 0.29) is 6.10 Å². The summed E-state index contributed by atoms with van der Waals surface area (Å²) < 4.78 is 5.69. The molecular formula is C18H26N2O2. The summed E-state index contributed by atoms with van der Waals surface area (Å²) in [6.07, 6.45) is 7.19. The van der Waals surface area contributed by atoms with Crippen molar-refractivity contribution in [1.29, 1.82) is 0 Å². The molecule has 0 atom stereocenters. The number of aromatic nitrogens is 2. The van der Waals surface area contributed by atoms with Crippen LogP contribution in [-0.4, -0.2) is 27.8 Å². The summed E-state index contributed by atoms with van der Waals surface area (Å²) in [5, 5.41) is 10.5. The smallest absolute Gasteiger partial charge is 0.138 e. The molecule has 1 aliphatic rings. The molecule has 4 heteroatoms. The number of pyridine rings is 2. The lowest BCUT2D eigenvalue weighted by molar-refractivity contribution is 0.0737. The van der Waals surface area contributed by atoms with Gasteiger partial charge in [-0.2, -0.15) is 0 Å². The number of ether oxygens (including phenoxy) is 1. The van der Waals surface area contributed by atoms with E-state index in [1.165, 1.54) is 0 Å². The molecule has 3 rings (SSSR count). The topological polar surface area (TPSA) is 55.2 Å². The van der Waals surface area contributed by atoms with E-state index >= 15 is 0 Å².